The molecule has 1 atom stereocenters. The van der Waals surface area contributed by atoms with Crippen molar-refractivity contribution in [2.75, 3.05) is 19.7 Å². The van der Waals surface area contributed by atoms with E-state index in [1.807, 2.05) is 12.1 Å². The first-order valence-corrected chi connectivity index (χ1v) is 13.1. The van der Waals surface area contributed by atoms with Crippen LogP contribution < -0.4 is 9.46 Å². The lowest BCUT2D eigenvalue weighted by Crippen LogP contribution is -2.37. The first-order chi connectivity index (χ1) is 15.8. The highest BCUT2D eigenvalue weighted by Crippen LogP contribution is 2.34. The van der Waals surface area contributed by atoms with E-state index >= 15 is 0 Å². The number of ether oxygens (including phenoxy) is 1. The van der Waals surface area contributed by atoms with E-state index in [1.54, 1.807) is 6.07 Å². The molecule has 0 bridgehead atoms. The van der Waals surface area contributed by atoms with Gasteiger partial charge in [-0.25, -0.2) is 4.39 Å². The molecule has 0 spiro atoms. The van der Waals surface area contributed by atoms with Gasteiger partial charge in [-0.05, 0) is 93.4 Å². The molecule has 178 valence electrons. The van der Waals surface area contributed by atoms with Gasteiger partial charge < -0.3 is 4.74 Å². The predicted octanol–water partition coefficient (Wildman–Crippen LogP) is 7.18. The number of nitrogens with one attached hydrogen (secondary N) is 1. The fraction of sp³-hybridized carbons (Fsp3) is 0.458. The normalized spacial score (nSPS) is 18.2. The van der Waals surface area contributed by atoms with Crippen molar-refractivity contribution in [2.24, 2.45) is 5.92 Å². The van der Waals surface area contributed by atoms with Crippen LogP contribution in [0.4, 0.5) is 4.39 Å². The van der Waals surface area contributed by atoms with Crippen molar-refractivity contribution in [3.63, 3.8) is 0 Å². The minimum Gasteiger partial charge on any atom is -0.492 e. The number of piperidine rings is 1. The van der Waals surface area contributed by atoms with Crippen LogP contribution in [0.15, 0.2) is 30.3 Å². The summed E-state index contributed by atoms with van der Waals surface area (Å²) < 4.78 is 23.0. The Balaban J connectivity index is 1.28. The zero-order valence-electron chi connectivity index (χ0n) is 18.3. The third-order valence-corrected chi connectivity index (χ3v) is 7.99. The number of rotatable bonds is 8. The van der Waals surface area contributed by atoms with Crippen molar-refractivity contribution in [3.05, 3.63) is 62.3 Å². The van der Waals surface area contributed by atoms with Crippen molar-refractivity contribution >= 4 is 52.7 Å². The van der Waals surface area contributed by atoms with Crippen LogP contribution in [0.25, 0.3) is 0 Å². The summed E-state index contributed by atoms with van der Waals surface area (Å²) in [5.41, 5.74) is 1.04. The Morgan fingerprint density at radius 2 is 1.79 bits per heavy atom. The van der Waals surface area contributed by atoms with Crippen molar-refractivity contribution in [1.82, 2.24) is 9.62 Å². The van der Waals surface area contributed by atoms with Gasteiger partial charge in [0.25, 0.3) is 5.91 Å². The highest BCUT2D eigenvalue weighted by atomic mass is 35.5. The lowest BCUT2D eigenvalue weighted by molar-refractivity contribution is 0.0980. The smallest absolute Gasteiger partial charge is 0.264 e. The first-order valence-electron chi connectivity index (χ1n) is 11.1. The van der Waals surface area contributed by atoms with E-state index in [1.165, 1.54) is 24.1 Å². The Morgan fingerprint density at radius 1 is 1.12 bits per heavy atom. The molecule has 9 heteroatoms. The molecule has 1 saturated carbocycles. The summed E-state index contributed by atoms with van der Waals surface area (Å²) in [7, 11) is 0. The minimum absolute atomic E-state index is 0.0658. The molecule has 33 heavy (non-hydrogen) atoms. The molecule has 1 N–H and O–H groups in total. The number of halogens is 4. The monoisotopic (exact) mass is 530 g/mol. The summed E-state index contributed by atoms with van der Waals surface area (Å²) in [6.45, 7) is 4.44. The second kappa shape index (κ2) is 11.0. The van der Waals surface area contributed by atoms with E-state index in [9.17, 15) is 9.18 Å². The number of likely N-dealkylation sites (tertiary alicyclic amines) is 1. The van der Waals surface area contributed by atoms with Gasteiger partial charge in [-0.1, -0.05) is 34.8 Å². The number of carbonyl (C=O) groups is 1. The molecular formula is C24H26Cl3FN2O2S. The van der Waals surface area contributed by atoms with Crippen LogP contribution in [0.5, 0.6) is 5.75 Å². The molecule has 1 aliphatic carbocycles. The van der Waals surface area contributed by atoms with Gasteiger partial charge in [0.05, 0.1) is 17.2 Å². The quantitative estimate of drug-likeness (QED) is 0.366. The van der Waals surface area contributed by atoms with Crippen LogP contribution in [0.3, 0.4) is 0 Å². The second-order valence-corrected chi connectivity index (χ2v) is 11.1. The first kappa shape index (κ1) is 24.9. The summed E-state index contributed by atoms with van der Waals surface area (Å²) in [5, 5.41) is 1.96. The number of amides is 1. The largest absolute Gasteiger partial charge is 0.492 e. The van der Waals surface area contributed by atoms with Gasteiger partial charge in [0, 0.05) is 27.4 Å². The summed E-state index contributed by atoms with van der Waals surface area (Å²) >= 11 is 19.9. The van der Waals surface area contributed by atoms with Gasteiger partial charge in [0.15, 0.2) is 0 Å². The maximum Gasteiger partial charge on any atom is 0.264 e. The zero-order chi connectivity index (χ0) is 23.5. The van der Waals surface area contributed by atoms with Gasteiger partial charge in [-0.15, -0.1) is 0 Å². The van der Waals surface area contributed by atoms with E-state index in [-0.39, 0.29) is 22.4 Å². The number of hydrogen-bond acceptors (Lipinski definition) is 4. The van der Waals surface area contributed by atoms with Crippen LogP contribution in [-0.2, 0) is 0 Å². The van der Waals surface area contributed by atoms with Gasteiger partial charge >= 0.3 is 0 Å². The molecule has 2 aromatic rings. The molecule has 1 amide bonds. The average molecular weight is 532 g/mol. The maximum absolute atomic E-state index is 14.5. The van der Waals surface area contributed by atoms with Gasteiger partial charge in [-0.2, -0.15) is 0 Å². The number of hydrogen-bond donors (Lipinski definition) is 1. The van der Waals surface area contributed by atoms with Crippen molar-refractivity contribution in [2.45, 2.75) is 43.9 Å². The van der Waals surface area contributed by atoms with Gasteiger partial charge in [-0.3, -0.25) is 14.4 Å². The highest BCUT2D eigenvalue weighted by molar-refractivity contribution is 7.98. The Morgan fingerprint density at radius 3 is 2.42 bits per heavy atom. The van der Waals surface area contributed by atoms with Crippen LogP contribution in [0.1, 0.15) is 54.6 Å². The molecular weight excluding hydrogens is 506 g/mol. The molecule has 4 rings (SSSR count). The maximum atomic E-state index is 14.5. The highest BCUT2D eigenvalue weighted by Gasteiger charge is 2.26. The van der Waals surface area contributed by atoms with Crippen LogP contribution in [-0.4, -0.2) is 35.8 Å². The Kier molecular flexibility index (Phi) is 8.34. The van der Waals surface area contributed by atoms with Gasteiger partial charge in [0.1, 0.15) is 11.6 Å². The van der Waals surface area contributed by atoms with E-state index in [4.69, 9.17) is 39.5 Å². The number of benzene rings is 2. The number of nitrogens with zero attached hydrogens (tertiary/aromatic N) is 1. The van der Waals surface area contributed by atoms with E-state index in [0.717, 1.165) is 44.3 Å². The minimum atomic E-state index is -0.632. The topological polar surface area (TPSA) is 41.6 Å². The summed E-state index contributed by atoms with van der Waals surface area (Å²) in [6.07, 6.45) is 4.07. The Hall–Kier alpha value is -1.18. The molecule has 1 heterocycles. The van der Waals surface area contributed by atoms with Crippen molar-refractivity contribution < 1.29 is 13.9 Å². The van der Waals surface area contributed by atoms with E-state index in [2.05, 4.69) is 16.5 Å². The molecule has 1 aliphatic heterocycles. The molecule has 4 nitrogen and oxygen atoms in total. The Bertz CT molecular complexity index is 993. The fourth-order valence-corrected chi connectivity index (χ4v) is 5.45. The lowest BCUT2D eigenvalue weighted by atomic mass is 9.95. The van der Waals surface area contributed by atoms with E-state index in [0.29, 0.717) is 27.8 Å². The molecule has 0 aromatic heterocycles. The zero-order valence-corrected chi connectivity index (χ0v) is 21.3. The predicted molar refractivity (Wildman–Crippen MR) is 134 cm³/mol. The van der Waals surface area contributed by atoms with Crippen LogP contribution >= 0.6 is 46.8 Å². The van der Waals surface area contributed by atoms with E-state index < -0.39 is 11.7 Å². The molecule has 0 radical (unpaired) electrons. The Labute approximate surface area is 213 Å². The summed E-state index contributed by atoms with van der Waals surface area (Å²) in [5.74, 6) is -0.495. The molecule has 2 aliphatic rings. The summed E-state index contributed by atoms with van der Waals surface area (Å²) in [4.78, 5) is 14.6. The SMILES string of the molecule is CC(c1cc(Cl)cc(Cl)c1)N1CCC(COc2cc(F)c(C(=O)NSC3CC3)cc2Cl)CC1. The van der Waals surface area contributed by atoms with Crippen LogP contribution in [0.2, 0.25) is 15.1 Å². The standard InChI is InChI=1S/C24H26Cl3FN2O2S/c1-14(16-8-17(25)10-18(26)9-16)30-6-4-15(5-7-30)13-32-23-12-22(28)20(11-21(23)27)24(31)29-33-19-2-3-19/h8-12,14-15,19H,2-7,13H2,1H3,(H,29,31). The fourth-order valence-electron chi connectivity index (χ4n) is 3.93. The van der Waals surface area contributed by atoms with Crippen LogP contribution in [0, 0.1) is 11.7 Å². The summed E-state index contributed by atoms with van der Waals surface area (Å²) in [6, 6.07) is 8.41. The van der Waals surface area contributed by atoms with Gasteiger partial charge in [0.2, 0.25) is 0 Å². The van der Waals surface area contributed by atoms with Crippen molar-refractivity contribution in [3.8, 4) is 5.75 Å². The molecule has 1 saturated heterocycles. The molecule has 1 unspecified atom stereocenters. The third-order valence-electron chi connectivity index (χ3n) is 6.15. The molecule has 2 fully saturated rings. The molecule has 2 aromatic carbocycles. The average Bonchev–Trinajstić information content (AvgIpc) is 3.61. The number of carbonyl (C=O) groups excluding carboxylic acids is 1. The van der Waals surface area contributed by atoms with Crippen molar-refractivity contribution in [1.29, 1.82) is 0 Å². The third kappa shape index (κ3) is 6.70. The second-order valence-electron chi connectivity index (χ2n) is 8.68. The lowest BCUT2D eigenvalue weighted by Gasteiger charge is -2.36.